The lowest BCUT2D eigenvalue weighted by molar-refractivity contribution is -0.148. The lowest BCUT2D eigenvalue weighted by Crippen LogP contribution is -2.24. The Balaban J connectivity index is 1.89. The molecule has 0 aromatic heterocycles. The standard InChI is InChI=1S/C14H14ClNO6/c1-19-11-3-2-9(15)6-10(11)16-13(17)8-22-14(18)12-7-20-4-5-21-12/h2-3,6-7H,4-5,8H2,1H3,(H,16,17). The van der Waals surface area contributed by atoms with Crippen LogP contribution in [0.5, 0.6) is 5.75 Å². The highest BCUT2D eigenvalue weighted by atomic mass is 35.5. The molecule has 0 bridgehead atoms. The summed E-state index contributed by atoms with van der Waals surface area (Å²) in [5.41, 5.74) is 0.382. The molecule has 0 saturated carbocycles. The molecule has 0 spiro atoms. The van der Waals surface area contributed by atoms with Gasteiger partial charge in [0.25, 0.3) is 5.91 Å². The van der Waals surface area contributed by atoms with Crippen molar-refractivity contribution in [1.82, 2.24) is 0 Å². The minimum atomic E-state index is -0.770. The van der Waals surface area contributed by atoms with E-state index in [-0.39, 0.29) is 12.4 Å². The zero-order valence-electron chi connectivity index (χ0n) is 11.8. The molecule has 0 atom stereocenters. The first-order chi connectivity index (χ1) is 10.6. The summed E-state index contributed by atoms with van der Waals surface area (Å²) < 4.78 is 19.9. The predicted molar refractivity (Wildman–Crippen MR) is 77.6 cm³/mol. The number of esters is 1. The number of rotatable bonds is 5. The molecule has 0 radical (unpaired) electrons. The van der Waals surface area contributed by atoms with Gasteiger partial charge in [-0.1, -0.05) is 11.6 Å². The van der Waals surface area contributed by atoms with E-state index in [0.29, 0.717) is 23.1 Å². The number of hydrogen-bond acceptors (Lipinski definition) is 6. The van der Waals surface area contributed by atoms with Crippen molar-refractivity contribution in [3.05, 3.63) is 35.2 Å². The second kappa shape index (κ2) is 7.56. The maximum Gasteiger partial charge on any atom is 0.377 e. The molecule has 0 fully saturated rings. The Morgan fingerprint density at radius 1 is 1.36 bits per heavy atom. The van der Waals surface area contributed by atoms with Crippen LogP contribution in [0.3, 0.4) is 0 Å². The van der Waals surface area contributed by atoms with Crippen molar-refractivity contribution in [3.8, 4) is 5.75 Å². The van der Waals surface area contributed by atoms with E-state index in [4.69, 9.17) is 30.5 Å². The molecule has 1 aromatic carbocycles. The van der Waals surface area contributed by atoms with Gasteiger partial charge in [-0.15, -0.1) is 0 Å². The van der Waals surface area contributed by atoms with E-state index in [1.807, 2.05) is 0 Å². The number of nitrogens with one attached hydrogen (secondary N) is 1. The first-order valence-corrected chi connectivity index (χ1v) is 6.73. The number of halogens is 1. The Labute approximate surface area is 131 Å². The first kappa shape index (κ1) is 16.0. The van der Waals surface area contributed by atoms with Crippen LogP contribution in [0.25, 0.3) is 0 Å². The number of ether oxygens (including phenoxy) is 4. The van der Waals surface area contributed by atoms with Gasteiger partial charge in [-0.2, -0.15) is 0 Å². The summed E-state index contributed by atoms with van der Waals surface area (Å²) in [6.45, 7) is 0.147. The molecule has 0 saturated heterocycles. The van der Waals surface area contributed by atoms with Crippen LogP contribution in [0.4, 0.5) is 5.69 Å². The summed E-state index contributed by atoms with van der Waals surface area (Å²) in [4.78, 5) is 23.4. The maximum atomic E-state index is 11.8. The van der Waals surface area contributed by atoms with Crippen molar-refractivity contribution in [1.29, 1.82) is 0 Å². The predicted octanol–water partition coefficient (Wildman–Crippen LogP) is 1.72. The lowest BCUT2D eigenvalue weighted by Gasteiger charge is -2.14. The highest BCUT2D eigenvalue weighted by molar-refractivity contribution is 6.31. The number of anilines is 1. The number of amides is 1. The SMILES string of the molecule is COc1ccc(Cl)cc1NC(=O)COC(=O)C1=COCCO1. The molecule has 1 aliphatic heterocycles. The van der Waals surface area contributed by atoms with E-state index < -0.39 is 18.5 Å². The fourth-order valence-corrected chi connectivity index (χ4v) is 1.81. The van der Waals surface area contributed by atoms with Crippen molar-refractivity contribution in [2.45, 2.75) is 0 Å². The number of carbonyl (C=O) groups excluding carboxylic acids is 2. The zero-order chi connectivity index (χ0) is 15.9. The van der Waals surface area contributed by atoms with Gasteiger partial charge in [0.15, 0.2) is 6.61 Å². The number of methoxy groups -OCH3 is 1. The van der Waals surface area contributed by atoms with Crippen LogP contribution >= 0.6 is 11.6 Å². The number of carbonyl (C=O) groups is 2. The van der Waals surface area contributed by atoms with Gasteiger partial charge >= 0.3 is 5.97 Å². The van der Waals surface area contributed by atoms with E-state index >= 15 is 0 Å². The monoisotopic (exact) mass is 327 g/mol. The fourth-order valence-electron chi connectivity index (χ4n) is 1.64. The molecule has 7 nitrogen and oxygen atoms in total. The van der Waals surface area contributed by atoms with Crippen molar-refractivity contribution in [2.24, 2.45) is 0 Å². The van der Waals surface area contributed by atoms with Gasteiger partial charge in [0.2, 0.25) is 5.76 Å². The molecule has 0 unspecified atom stereocenters. The molecule has 1 heterocycles. The molecule has 118 valence electrons. The first-order valence-electron chi connectivity index (χ1n) is 6.35. The fraction of sp³-hybridized carbons (Fsp3) is 0.286. The normalized spacial score (nSPS) is 13.3. The third-order valence-corrected chi connectivity index (χ3v) is 2.86. The van der Waals surface area contributed by atoms with Crippen LogP contribution in [0, 0.1) is 0 Å². The van der Waals surface area contributed by atoms with Gasteiger partial charge in [0, 0.05) is 5.02 Å². The van der Waals surface area contributed by atoms with E-state index in [1.165, 1.54) is 13.2 Å². The lowest BCUT2D eigenvalue weighted by atomic mass is 10.3. The molecule has 1 amide bonds. The van der Waals surface area contributed by atoms with Crippen LogP contribution in [0.1, 0.15) is 0 Å². The molecule has 2 rings (SSSR count). The third-order valence-electron chi connectivity index (χ3n) is 2.62. The Hall–Kier alpha value is -2.41. The highest BCUT2D eigenvalue weighted by Gasteiger charge is 2.18. The smallest absolute Gasteiger partial charge is 0.377 e. The Morgan fingerprint density at radius 2 is 2.18 bits per heavy atom. The summed E-state index contributed by atoms with van der Waals surface area (Å²) in [7, 11) is 1.46. The largest absolute Gasteiger partial charge is 0.495 e. The maximum absolute atomic E-state index is 11.8. The van der Waals surface area contributed by atoms with Crippen molar-refractivity contribution < 1.29 is 28.5 Å². The summed E-state index contributed by atoms with van der Waals surface area (Å²) in [6.07, 6.45) is 1.16. The van der Waals surface area contributed by atoms with Crippen molar-refractivity contribution in [2.75, 3.05) is 32.2 Å². The Kier molecular flexibility index (Phi) is 5.48. The molecule has 1 N–H and O–H groups in total. The summed E-state index contributed by atoms with van der Waals surface area (Å²) in [5.74, 6) is -0.936. The third kappa shape index (κ3) is 4.29. The minimum Gasteiger partial charge on any atom is -0.495 e. The Morgan fingerprint density at radius 3 is 2.86 bits per heavy atom. The molecule has 8 heteroatoms. The molecule has 0 aliphatic carbocycles. The highest BCUT2D eigenvalue weighted by Crippen LogP contribution is 2.27. The second-order valence-corrected chi connectivity index (χ2v) is 4.61. The molecule has 22 heavy (non-hydrogen) atoms. The quantitative estimate of drug-likeness (QED) is 0.829. The number of benzene rings is 1. The average molecular weight is 328 g/mol. The van der Waals surface area contributed by atoms with Gasteiger partial charge < -0.3 is 24.3 Å². The number of hydrogen-bond donors (Lipinski definition) is 1. The second-order valence-electron chi connectivity index (χ2n) is 4.17. The Bertz CT molecular complexity index is 601. The van der Waals surface area contributed by atoms with Crippen LogP contribution in [0.15, 0.2) is 30.2 Å². The van der Waals surface area contributed by atoms with E-state index in [9.17, 15) is 9.59 Å². The zero-order valence-corrected chi connectivity index (χ0v) is 12.5. The average Bonchev–Trinajstić information content (AvgIpc) is 2.53. The van der Waals surface area contributed by atoms with Crippen LogP contribution in [0.2, 0.25) is 5.02 Å². The topological polar surface area (TPSA) is 83.1 Å². The summed E-state index contributed by atoms with van der Waals surface area (Å²) in [6, 6.07) is 4.77. The summed E-state index contributed by atoms with van der Waals surface area (Å²) >= 11 is 5.86. The van der Waals surface area contributed by atoms with Crippen LogP contribution < -0.4 is 10.1 Å². The van der Waals surface area contributed by atoms with Crippen LogP contribution in [-0.4, -0.2) is 38.8 Å². The summed E-state index contributed by atoms with van der Waals surface area (Å²) in [5, 5.41) is 2.98. The molecule has 1 aromatic rings. The molecule has 1 aliphatic rings. The van der Waals surface area contributed by atoms with Gasteiger partial charge in [0.05, 0.1) is 12.8 Å². The van der Waals surface area contributed by atoms with Gasteiger partial charge in [-0.3, -0.25) is 4.79 Å². The van der Waals surface area contributed by atoms with E-state index in [2.05, 4.69) is 5.32 Å². The molecular formula is C14H14ClNO6. The van der Waals surface area contributed by atoms with Crippen LogP contribution in [-0.2, 0) is 23.8 Å². The molecular weight excluding hydrogens is 314 g/mol. The minimum absolute atomic E-state index is 0.0700. The van der Waals surface area contributed by atoms with Gasteiger partial charge in [0.1, 0.15) is 25.2 Å². The van der Waals surface area contributed by atoms with E-state index in [1.54, 1.807) is 12.1 Å². The van der Waals surface area contributed by atoms with E-state index in [0.717, 1.165) is 6.26 Å². The van der Waals surface area contributed by atoms with Crippen molar-refractivity contribution in [3.63, 3.8) is 0 Å². The van der Waals surface area contributed by atoms with Gasteiger partial charge in [-0.05, 0) is 18.2 Å². The van der Waals surface area contributed by atoms with Crippen molar-refractivity contribution >= 4 is 29.2 Å². The van der Waals surface area contributed by atoms with Gasteiger partial charge in [-0.25, -0.2) is 4.79 Å².